The average Bonchev–Trinajstić information content (AvgIpc) is 0.751. The number of ether oxygens (including phenoxy) is 11. The fourth-order valence-corrected chi connectivity index (χ4v) is 13.9. The van der Waals surface area contributed by atoms with Crippen molar-refractivity contribution in [2.24, 2.45) is 0 Å². The summed E-state index contributed by atoms with van der Waals surface area (Å²) in [5.41, 5.74) is 4.35. The summed E-state index contributed by atoms with van der Waals surface area (Å²) >= 11 is 2.82. The molecule has 2 fully saturated rings. The lowest BCUT2D eigenvalue weighted by molar-refractivity contribution is -0.312. The van der Waals surface area contributed by atoms with Gasteiger partial charge in [-0.05, 0) is 89.1 Å². The van der Waals surface area contributed by atoms with Crippen LogP contribution >= 0.6 is 23.5 Å². The van der Waals surface area contributed by atoms with Gasteiger partial charge in [-0.2, -0.15) is 23.5 Å². The van der Waals surface area contributed by atoms with Gasteiger partial charge in [-0.25, -0.2) is 9.59 Å². The van der Waals surface area contributed by atoms with Crippen molar-refractivity contribution in [3.05, 3.63) is 162 Å². The van der Waals surface area contributed by atoms with E-state index in [2.05, 4.69) is 38.5 Å². The standard InChI is InChI=1S/C79H96N6O25S2/c1-10-35-102-61-42-59(74(96)80-33-40-111-38-17-36-103-78(76(98)100-8)43-62(105-49(4)88)66(84-47(2)86)70(109-78)68(92)64(107-51(6)90)45-82-72(94)57-27-23-55(24-28-57)53-19-13-11-14-20-53)31-32-60(61)75(97)81-34-41-112-39-18-37-104-79(77(99)101-9)44-63(106-50(5)89)67(85-48(3)87)71(110-79)69(93)65(108-52(7)91)46-83-73(95)58-29-25-56(26-30-58)54-21-15-12-16-22-54/h10-16,19-32,42,62-71,92-93H,1,17-18,33-41,43-46H2,2-9H3,(H,80,96)(H,81,97)(H,82,94)(H,83,95)(H,84,86)(H,85,87)/t62-,63-,64+,65+,66+,67+,68?,69?,70+,71+,78+,79+/m0/s1. The predicted molar refractivity (Wildman–Crippen MR) is 409 cm³/mol. The zero-order chi connectivity index (χ0) is 81.5. The molecule has 0 aromatic heterocycles. The van der Waals surface area contributed by atoms with Crippen molar-refractivity contribution in [2.45, 2.75) is 140 Å². The summed E-state index contributed by atoms with van der Waals surface area (Å²) < 4.78 is 63.3. The molecule has 2 aliphatic rings. The second-order valence-corrected chi connectivity index (χ2v) is 28.3. The first kappa shape index (κ1) is 88.9. The molecule has 7 rings (SSSR count). The molecule has 0 bridgehead atoms. The SMILES string of the molecule is C=CCOc1cc(C(=O)NCCSCCCO[C@]2(C(=O)OC)C[C@H](OC(C)=O)[C@@H](NC(C)=O)[C@H](C(O)[C@@H](CNC(=O)c3ccc(-c4ccccc4)cc3)OC(C)=O)O2)ccc1C(=O)NCCSCCCO[C@]1(C(=O)OC)C[C@H](OC(C)=O)[C@@H](NC(C)=O)[C@H](C(O)[C@@H](CNC(=O)c2ccc(-c3ccccc3)cc2)OC(C)=O)O1. The van der Waals surface area contributed by atoms with Gasteiger partial charge in [0.05, 0.1) is 71.0 Å². The lowest BCUT2D eigenvalue weighted by Gasteiger charge is -2.48. The fraction of sp³-hybridized carbons (Fsp3) is 0.443. The van der Waals surface area contributed by atoms with Gasteiger partial charge in [0.1, 0.15) is 61.2 Å². The maximum absolute atomic E-state index is 13.8. The van der Waals surface area contributed by atoms with Gasteiger partial charge in [0.25, 0.3) is 35.2 Å². The molecule has 0 aliphatic carbocycles. The molecule has 2 aliphatic heterocycles. The third-order valence-corrected chi connectivity index (χ3v) is 19.6. The Morgan fingerprint density at radius 1 is 0.500 bits per heavy atom. The molecule has 0 saturated carbocycles. The number of esters is 6. The average molecular weight is 1590 g/mol. The van der Waals surface area contributed by atoms with E-state index in [0.717, 1.165) is 78.0 Å². The molecule has 604 valence electrons. The van der Waals surface area contributed by atoms with Crippen LogP contribution in [0.15, 0.2) is 140 Å². The van der Waals surface area contributed by atoms with Crippen molar-refractivity contribution in [3.63, 3.8) is 0 Å². The number of carbonyl (C=O) groups excluding carboxylic acids is 12. The Kier molecular flexibility index (Phi) is 35.0. The highest BCUT2D eigenvalue weighted by atomic mass is 32.2. The molecular formula is C79H96N6O25S2. The number of nitrogens with one attached hydrogen (secondary N) is 6. The van der Waals surface area contributed by atoms with Crippen molar-refractivity contribution in [1.82, 2.24) is 31.9 Å². The number of thioether (sulfide) groups is 2. The van der Waals surface area contributed by atoms with E-state index in [1.54, 1.807) is 48.5 Å². The van der Waals surface area contributed by atoms with E-state index in [1.807, 2.05) is 60.7 Å². The summed E-state index contributed by atoms with van der Waals surface area (Å²) in [6.07, 6.45) is -12.2. The molecule has 2 heterocycles. The van der Waals surface area contributed by atoms with Crippen LogP contribution in [0.4, 0.5) is 0 Å². The van der Waals surface area contributed by atoms with Crippen molar-refractivity contribution in [1.29, 1.82) is 0 Å². The van der Waals surface area contributed by atoms with Gasteiger partial charge in [0.2, 0.25) is 11.8 Å². The van der Waals surface area contributed by atoms with Gasteiger partial charge in [-0.1, -0.05) is 97.6 Å². The quantitative estimate of drug-likeness (QED) is 0.0111. The predicted octanol–water partition coefficient (Wildman–Crippen LogP) is 4.96. The molecule has 8 N–H and O–H groups in total. The van der Waals surface area contributed by atoms with E-state index < -0.39 is 170 Å². The second-order valence-electron chi connectivity index (χ2n) is 25.8. The molecule has 2 saturated heterocycles. The van der Waals surface area contributed by atoms with Gasteiger partial charge in [-0.3, -0.25) is 47.9 Å². The maximum atomic E-state index is 13.8. The monoisotopic (exact) mass is 1590 g/mol. The van der Waals surface area contributed by atoms with E-state index in [0.29, 0.717) is 23.0 Å². The number of hydrogen-bond donors (Lipinski definition) is 8. The van der Waals surface area contributed by atoms with Crippen LogP contribution in [0.1, 0.15) is 109 Å². The Hall–Kier alpha value is -10.3. The first-order valence-electron chi connectivity index (χ1n) is 36.0. The normalized spacial score (nSPS) is 20.2. The van der Waals surface area contributed by atoms with E-state index in [9.17, 15) is 67.7 Å². The molecule has 2 unspecified atom stereocenters. The molecule has 31 nitrogen and oxygen atoms in total. The molecule has 0 spiro atoms. The van der Waals surface area contributed by atoms with E-state index in [1.165, 1.54) is 47.8 Å². The van der Waals surface area contributed by atoms with Crippen LogP contribution in [0.3, 0.4) is 0 Å². The lowest BCUT2D eigenvalue weighted by Crippen LogP contribution is -2.69. The third kappa shape index (κ3) is 26.2. The first-order chi connectivity index (χ1) is 53.6. The minimum absolute atomic E-state index is 0.00186. The largest absolute Gasteiger partial charge is 0.489 e. The number of aliphatic hydroxyl groups excluding tert-OH is 2. The summed E-state index contributed by atoms with van der Waals surface area (Å²) in [5, 5.41) is 40.4. The molecule has 33 heteroatoms. The highest BCUT2D eigenvalue weighted by Gasteiger charge is 2.60. The third-order valence-electron chi connectivity index (χ3n) is 17.4. The Morgan fingerprint density at radius 3 is 1.26 bits per heavy atom. The zero-order valence-corrected chi connectivity index (χ0v) is 65.0. The van der Waals surface area contributed by atoms with Gasteiger partial charge in [0.15, 0.2) is 0 Å². The highest BCUT2D eigenvalue weighted by Crippen LogP contribution is 2.39. The molecule has 6 amide bonds. The lowest BCUT2D eigenvalue weighted by atomic mass is 9.88. The van der Waals surface area contributed by atoms with Crippen LogP contribution in [-0.4, -0.2) is 237 Å². The van der Waals surface area contributed by atoms with Crippen LogP contribution in [0.25, 0.3) is 22.3 Å². The number of carbonyl (C=O) groups is 12. The molecule has 112 heavy (non-hydrogen) atoms. The van der Waals surface area contributed by atoms with Gasteiger partial charge in [-0.15, -0.1) is 0 Å². The Morgan fingerprint density at radius 2 is 0.884 bits per heavy atom. The summed E-state index contributed by atoms with van der Waals surface area (Å²) in [4.78, 5) is 157. The van der Waals surface area contributed by atoms with Crippen molar-refractivity contribution in [3.8, 4) is 28.0 Å². The zero-order valence-electron chi connectivity index (χ0n) is 63.4. The van der Waals surface area contributed by atoms with E-state index in [-0.39, 0.29) is 73.8 Å². The summed E-state index contributed by atoms with van der Waals surface area (Å²) in [6.45, 7) is 9.40. The minimum atomic E-state index is -2.37. The number of benzene rings is 5. The fourth-order valence-electron chi connectivity index (χ4n) is 12.4. The van der Waals surface area contributed by atoms with Gasteiger partial charge < -0.3 is 94.2 Å². The van der Waals surface area contributed by atoms with Gasteiger partial charge >= 0.3 is 35.8 Å². The number of methoxy groups -OCH3 is 2. The van der Waals surface area contributed by atoms with Crippen LogP contribution in [0, 0.1) is 0 Å². The Bertz CT molecular complexity index is 4050. The summed E-state index contributed by atoms with van der Waals surface area (Å²) in [5.74, 6) is -12.0. The van der Waals surface area contributed by atoms with Crippen molar-refractivity contribution in [2.75, 3.05) is 83.2 Å². The van der Waals surface area contributed by atoms with Crippen LogP contribution in [0.5, 0.6) is 5.75 Å². The van der Waals surface area contributed by atoms with Crippen LogP contribution in [0.2, 0.25) is 0 Å². The van der Waals surface area contributed by atoms with Gasteiger partial charge in [0, 0.05) is 82.8 Å². The first-order valence-corrected chi connectivity index (χ1v) is 38.3. The molecular weight excluding hydrogens is 1500 g/mol. The van der Waals surface area contributed by atoms with Crippen LogP contribution < -0.4 is 36.6 Å². The van der Waals surface area contributed by atoms with Crippen molar-refractivity contribution < 1.29 is 120 Å². The molecule has 12 atom stereocenters. The second kappa shape index (κ2) is 44.1. The smallest absolute Gasteiger partial charge is 0.366 e. The molecule has 5 aromatic rings. The number of aliphatic hydroxyl groups is 2. The van der Waals surface area contributed by atoms with E-state index >= 15 is 0 Å². The van der Waals surface area contributed by atoms with E-state index in [4.69, 9.17) is 52.1 Å². The van der Waals surface area contributed by atoms with Crippen LogP contribution in [-0.2, 0) is 85.7 Å². The Balaban J connectivity index is 0.895. The molecule has 0 radical (unpaired) electrons. The number of amides is 6. The minimum Gasteiger partial charge on any atom is -0.489 e. The molecule has 5 aromatic carbocycles. The topological polar surface area (TPSA) is 419 Å². The number of hydrogen-bond acceptors (Lipinski definition) is 27. The summed E-state index contributed by atoms with van der Waals surface area (Å²) in [6, 6.07) is 33.9. The number of rotatable bonds is 41. The Labute approximate surface area is 656 Å². The summed E-state index contributed by atoms with van der Waals surface area (Å²) in [7, 11) is 2.12. The highest BCUT2D eigenvalue weighted by molar-refractivity contribution is 7.99. The van der Waals surface area contributed by atoms with Crippen molar-refractivity contribution >= 4 is 94.8 Å². The maximum Gasteiger partial charge on any atom is 0.366 e.